The highest BCUT2D eigenvalue weighted by molar-refractivity contribution is 6.21. The summed E-state index contributed by atoms with van der Waals surface area (Å²) in [6.45, 7) is 7.49. The number of nitrogens with zero attached hydrogens (tertiary/aromatic N) is 1. The van der Waals surface area contributed by atoms with Crippen molar-refractivity contribution in [2.45, 2.75) is 38.6 Å². The number of para-hydroxylation sites is 2. The molecule has 8 heteroatoms. The normalized spacial score (nSPS) is 21.3. The maximum absolute atomic E-state index is 14.8. The Morgan fingerprint density at radius 1 is 1.11 bits per heavy atom. The number of hydrogen-bond acceptors (Lipinski definition) is 7. The molecule has 1 spiro atoms. The monoisotopic (exact) mass is 484 g/mol. The van der Waals surface area contributed by atoms with E-state index in [-0.39, 0.29) is 35.0 Å². The number of benzene rings is 2. The van der Waals surface area contributed by atoms with Gasteiger partial charge in [-0.25, -0.2) is 9.59 Å². The molecule has 3 aromatic rings. The number of carbonyl (C=O) groups excluding carboxylic acids is 2. The molecule has 4 heterocycles. The van der Waals surface area contributed by atoms with Gasteiger partial charge in [-0.3, -0.25) is 4.79 Å². The Morgan fingerprint density at radius 3 is 2.61 bits per heavy atom. The maximum Gasteiger partial charge on any atom is 0.345 e. The summed E-state index contributed by atoms with van der Waals surface area (Å²) in [5.41, 5.74) is 5.84. The third-order valence-electron chi connectivity index (χ3n) is 7.21. The van der Waals surface area contributed by atoms with Gasteiger partial charge in [0.15, 0.2) is 5.75 Å². The molecule has 1 atom stereocenters. The number of esters is 1. The lowest BCUT2D eigenvalue weighted by atomic mass is 9.68. The van der Waals surface area contributed by atoms with E-state index in [1.165, 1.54) is 0 Å². The Balaban J connectivity index is 1.83. The van der Waals surface area contributed by atoms with Crippen LogP contribution in [0.25, 0.3) is 16.5 Å². The van der Waals surface area contributed by atoms with Crippen molar-refractivity contribution in [2.24, 2.45) is 5.73 Å². The van der Waals surface area contributed by atoms with E-state index in [4.69, 9.17) is 19.6 Å². The van der Waals surface area contributed by atoms with Crippen molar-refractivity contribution >= 4 is 34.1 Å². The summed E-state index contributed by atoms with van der Waals surface area (Å²) in [5.74, 6) is -1.51. The molecule has 2 N–H and O–H groups in total. The summed E-state index contributed by atoms with van der Waals surface area (Å²) in [6, 6.07) is 12.3. The van der Waals surface area contributed by atoms with Gasteiger partial charge in [0.25, 0.3) is 0 Å². The lowest BCUT2D eigenvalue weighted by Crippen LogP contribution is -2.55. The summed E-state index contributed by atoms with van der Waals surface area (Å²) < 4.78 is 17.0. The first kappa shape index (κ1) is 22.2. The molecule has 182 valence electrons. The maximum atomic E-state index is 14.8. The Hall–Kier alpha value is -4.33. The minimum atomic E-state index is -1.91. The van der Waals surface area contributed by atoms with Crippen LogP contribution in [0, 0.1) is 0 Å². The predicted molar refractivity (Wildman–Crippen MR) is 133 cm³/mol. The Morgan fingerprint density at radius 2 is 1.86 bits per heavy atom. The van der Waals surface area contributed by atoms with Gasteiger partial charge in [-0.2, -0.15) is 0 Å². The summed E-state index contributed by atoms with van der Waals surface area (Å²) >= 11 is 0. The van der Waals surface area contributed by atoms with Crippen LogP contribution in [0.3, 0.4) is 0 Å². The Bertz CT molecular complexity index is 1640. The van der Waals surface area contributed by atoms with Crippen LogP contribution in [0.1, 0.15) is 44.4 Å². The molecule has 0 fully saturated rings. The summed E-state index contributed by atoms with van der Waals surface area (Å²) in [7, 11) is 0. The zero-order chi connectivity index (χ0) is 25.6. The highest BCUT2D eigenvalue weighted by Gasteiger charge is 2.65. The first-order valence-electron chi connectivity index (χ1n) is 11.7. The van der Waals surface area contributed by atoms with E-state index in [0.717, 1.165) is 11.1 Å². The molecule has 6 rings (SSSR count). The van der Waals surface area contributed by atoms with Crippen LogP contribution >= 0.6 is 0 Å². The molecule has 1 amide bonds. The van der Waals surface area contributed by atoms with Crippen LogP contribution in [0.2, 0.25) is 0 Å². The van der Waals surface area contributed by atoms with Gasteiger partial charge in [0.2, 0.25) is 11.8 Å². The molecule has 1 aromatic heterocycles. The molecule has 3 aliphatic rings. The van der Waals surface area contributed by atoms with Crippen molar-refractivity contribution in [3.05, 3.63) is 87.1 Å². The number of amides is 1. The molecule has 0 bridgehead atoms. The molecule has 0 saturated heterocycles. The fourth-order valence-electron chi connectivity index (χ4n) is 5.97. The molecular formula is C28H24N2O6. The van der Waals surface area contributed by atoms with Crippen molar-refractivity contribution < 1.29 is 23.5 Å². The van der Waals surface area contributed by atoms with Gasteiger partial charge in [0.1, 0.15) is 22.1 Å². The highest BCUT2D eigenvalue weighted by atomic mass is 16.5. The second-order valence-electron chi connectivity index (χ2n) is 9.72. The van der Waals surface area contributed by atoms with Crippen molar-refractivity contribution in [2.75, 3.05) is 11.5 Å². The van der Waals surface area contributed by atoms with Gasteiger partial charge >= 0.3 is 11.6 Å². The van der Waals surface area contributed by atoms with Gasteiger partial charge in [-0.05, 0) is 45.4 Å². The third-order valence-corrected chi connectivity index (χ3v) is 7.21. The van der Waals surface area contributed by atoms with E-state index in [2.05, 4.69) is 0 Å². The number of carbonyl (C=O) groups is 2. The second-order valence-corrected chi connectivity index (χ2v) is 9.72. The van der Waals surface area contributed by atoms with E-state index >= 15 is 0 Å². The van der Waals surface area contributed by atoms with Gasteiger partial charge in [0, 0.05) is 11.1 Å². The van der Waals surface area contributed by atoms with Crippen LogP contribution < -0.4 is 21.0 Å². The van der Waals surface area contributed by atoms with E-state index in [1.807, 2.05) is 32.9 Å². The molecular weight excluding hydrogens is 460 g/mol. The predicted octanol–water partition coefficient (Wildman–Crippen LogP) is 3.75. The van der Waals surface area contributed by atoms with Crippen molar-refractivity contribution in [3.63, 3.8) is 0 Å². The standard InChI is InChI=1S/C28H24N2O6/c1-5-34-24(31)20-23(29)36-22-16-9-6-7-12-18(16)35-25(32)19(22)28(20)17-11-8-10-15-14(2)13-27(3,4)30(21(15)17)26(28)33/h6-13H,5,29H2,1-4H3. The minimum Gasteiger partial charge on any atom is -0.462 e. The van der Waals surface area contributed by atoms with Crippen molar-refractivity contribution in [3.8, 4) is 5.75 Å². The molecule has 0 aliphatic carbocycles. The van der Waals surface area contributed by atoms with Crippen LogP contribution in [0.4, 0.5) is 5.69 Å². The summed E-state index contributed by atoms with van der Waals surface area (Å²) in [6.07, 6.45) is 2.00. The average molecular weight is 485 g/mol. The average Bonchev–Trinajstić information content (AvgIpc) is 3.07. The largest absolute Gasteiger partial charge is 0.462 e. The molecule has 36 heavy (non-hydrogen) atoms. The number of hydrogen-bond donors (Lipinski definition) is 1. The number of nitrogens with two attached hydrogens (primary N) is 1. The quantitative estimate of drug-likeness (QED) is 0.436. The Kier molecular flexibility index (Phi) is 4.37. The topological polar surface area (TPSA) is 112 Å². The van der Waals surface area contributed by atoms with Gasteiger partial charge in [-0.1, -0.05) is 36.4 Å². The third kappa shape index (κ3) is 2.50. The summed E-state index contributed by atoms with van der Waals surface area (Å²) in [5, 5.41) is 0.463. The molecule has 0 saturated carbocycles. The van der Waals surface area contributed by atoms with Gasteiger partial charge in [0.05, 0.1) is 23.2 Å². The van der Waals surface area contributed by atoms with Crippen LogP contribution in [0.15, 0.2) is 69.2 Å². The minimum absolute atomic E-state index is 0.0435. The van der Waals surface area contributed by atoms with Gasteiger partial charge in [-0.15, -0.1) is 0 Å². The second kappa shape index (κ2) is 7.10. The number of ether oxygens (including phenoxy) is 2. The molecule has 0 radical (unpaired) electrons. The first-order valence-corrected chi connectivity index (χ1v) is 11.7. The fourth-order valence-corrected chi connectivity index (χ4v) is 5.97. The number of fused-ring (bicyclic) bond motifs is 5. The fraction of sp³-hybridized carbons (Fsp3) is 0.250. The molecule has 8 nitrogen and oxygen atoms in total. The van der Waals surface area contributed by atoms with Crippen LogP contribution in [0.5, 0.6) is 5.75 Å². The highest BCUT2D eigenvalue weighted by Crippen LogP contribution is 2.59. The summed E-state index contributed by atoms with van der Waals surface area (Å²) in [4.78, 5) is 43.6. The van der Waals surface area contributed by atoms with Crippen molar-refractivity contribution in [1.29, 1.82) is 0 Å². The van der Waals surface area contributed by atoms with E-state index < -0.39 is 28.5 Å². The van der Waals surface area contributed by atoms with E-state index in [0.29, 0.717) is 16.6 Å². The Labute approximate surface area is 206 Å². The molecule has 2 aromatic carbocycles. The number of anilines is 1. The van der Waals surface area contributed by atoms with Crippen LogP contribution in [-0.2, 0) is 19.7 Å². The number of allylic oxidation sites excluding steroid dienone is 1. The van der Waals surface area contributed by atoms with Crippen LogP contribution in [-0.4, -0.2) is 24.0 Å². The SMILES string of the molecule is CCOC(=O)C1=C(N)Oc2c(c(=O)oc3ccccc23)C12C(=O)N1c3c(cccc32)C(C)=CC1(C)C. The zero-order valence-corrected chi connectivity index (χ0v) is 20.3. The van der Waals surface area contributed by atoms with E-state index in [1.54, 1.807) is 48.2 Å². The zero-order valence-electron chi connectivity index (χ0n) is 20.3. The molecule has 1 unspecified atom stereocenters. The van der Waals surface area contributed by atoms with Crippen molar-refractivity contribution in [1.82, 2.24) is 0 Å². The smallest absolute Gasteiger partial charge is 0.345 e. The van der Waals surface area contributed by atoms with E-state index in [9.17, 15) is 14.4 Å². The van der Waals surface area contributed by atoms with Gasteiger partial charge < -0.3 is 24.5 Å². The first-order chi connectivity index (χ1) is 17.1. The lowest BCUT2D eigenvalue weighted by Gasteiger charge is -2.40. The number of rotatable bonds is 2. The molecule has 3 aliphatic heterocycles. The lowest BCUT2D eigenvalue weighted by molar-refractivity contribution is -0.141.